The average molecular weight is 333 g/mol. The highest BCUT2D eigenvalue weighted by atomic mass is 35.5. The maximum Gasteiger partial charge on any atom is 0.240 e. The van der Waals surface area contributed by atoms with Crippen LogP contribution in [0.1, 0.15) is 11.1 Å². The molecule has 0 aliphatic rings. The van der Waals surface area contributed by atoms with Crippen LogP contribution in [0.4, 0.5) is 5.69 Å². The molecule has 1 unspecified atom stereocenters. The molecule has 4 nitrogen and oxygen atoms in total. The lowest BCUT2D eigenvalue weighted by atomic mass is 9.84. The number of carbonyl (C=O) groups excluding carboxylic acids is 2. The summed E-state index contributed by atoms with van der Waals surface area (Å²) in [6, 6.07) is 15.5. The number of para-hydroxylation sites is 1. The van der Waals surface area contributed by atoms with Crippen LogP contribution in [-0.2, 0) is 15.1 Å². The molecule has 2 aromatic rings. The van der Waals surface area contributed by atoms with Gasteiger partial charge >= 0.3 is 0 Å². The van der Waals surface area contributed by atoms with E-state index in [2.05, 4.69) is 9.98 Å². The predicted molar refractivity (Wildman–Crippen MR) is 85.1 cm³/mol. The minimum Gasteiger partial charge on any atom is -0.211 e. The van der Waals surface area contributed by atoms with Crippen LogP contribution < -0.4 is 0 Å². The van der Waals surface area contributed by atoms with E-state index in [1.807, 2.05) is 6.07 Å². The summed E-state index contributed by atoms with van der Waals surface area (Å²) in [5.74, 6) is 0. The minimum absolute atomic E-state index is 0.284. The molecule has 1 atom stereocenters. The van der Waals surface area contributed by atoms with Gasteiger partial charge in [-0.05, 0) is 11.6 Å². The molecular weight excluding hydrogens is 323 g/mol. The van der Waals surface area contributed by atoms with E-state index in [1.54, 1.807) is 48.5 Å². The summed E-state index contributed by atoms with van der Waals surface area (Å²) >= 11 is 12.3. The lowest BCUT2D eigenvalue weighted by molar-refractivity contribution is 0.535. The number of alkyl halides is 2. The summed E-state index contributed by atoms with van der Waals surface area (Å²) in [6.07, 6.45) is 3.00. The lowest BCUT2D eigenvalue weighted by Crippen LogP contribution is -2.32. The van der Waals surface area contributed by atoms with Gasteiger partial charge in [0.05, 0.1) is 5.69 Å². The third-order valence-corrected chi connectivity index (χ3v) is 3.86. The molecule has 6 heteroatoms. The van der Waals surface area contributed by atoms with Crippen molar-refractivity contribution in [2.75, 3.05) is 0 Å². The molecule has 0 bridgehead atoms. The average Bonchev–Trinajstić information content (AvgIpc) is 2.54. The molecule has 0 amide bonds. The standard InChI is InChI=1S/C16H10Cl2N2O2/c17-15(18)16(20-11-22,12-6-2-1-3-7-12)13-8-4-5-9-14(13)19-10-21/h1-9,15H. The fourth-order valence-corrected chi connectivity index (χ4v) is 2.86. The molecule has 0 spiro atoms. The van der Waals surface area contributed by atoms with Crippen molar-refractivity contribution in [1.29, 1.82) is 0 Å². The van der Waals surface area contributed by atoms with Gasteiger partial charge in [0.2, 0.25) is 12.2 Å². The van der Waals surface area contributed by atoms with E-state index in [0.717, 1.165) is 0 Å². The first-order chi connectivity index (χ1) is 10.7. The van der Waals surface area contributed by atoms with Crippen molar-refractivity contribution in [1.82, 2.24) is 0 Å². The van der Waals surface area contributed by atoms with Gasteiger partial charge < -0.3 is 0 Å². The van der Waals surface area contributed by atoms with Crippen LogP contribution in [0.3, 0.4) is 0 Å². The van der Waals surface area contributed by atoms with Gasteiger partial charge in [-0.1, -0.05) is 48.5 Å². The van der Waals surface area contributed by atoms with Crippen LogP contribution in [0.25, 0.3) is 0 Å². The zero-order valence-corrected chi connectivity index (χ0v) is 12.8. The normalized spacial score (nSPS) is 12.9. The Morgan fingerprint density at radius 2 is 1.55 bits per heavy atom. The zero-order valence-electron chi connectivity index (χ0n) is 11.2. The van der Waals surface area contributed by atoms with Gasteiger partial charge in [0.25, 0.3) is 0 Å². The number of nitrogens with zero attached hydrogens (tertiary/aromatic N) is 2. The van der Waals surface area contributed by atoms with E-state index in [0.29, 0.717) is 11.1 Å². The third-order valence-electron chi connectivity index (χ3n) is 3.23. The Labute approximate surface area is 137 Å². The summed E-state index contributed by atoms with van der Waals surface area (Å²) in [5, 5.41) is 0. The Hall–Kier alpha value is -2.22. The van der Waals surface area contributed by atoms with Crippen LogP contribution in [-0.4, -0.2) is 17.0 Å². The van der Waals surface area contributed by atoms with Gasteiger partial charge in [0, 0.05) is 5.56 Å². The van der Waals surface area contributed by atoms with Crippen molar-refractivity contribution in [3.05, 3.63) is 65.7 Å². The molecule has 0 fully saturated rings. The van der Waals surface area contributed by atoms with E-state index in [-0.39, 0.29) is 5.69 Å². The largest absolute Gasteiger partial charge is 0.240 e. The molecule has 0 aromatic heterocycles. The smallest absolute Gasteiger partial charge is 0.211 e. The molecule has 22 heavy (non-hydrogen) atoms. The van der Waals surface area contributed by atoms with Gasteiger partial charge in [-0.15, -0.1) is 23.2 Å². The van der Waals surface area contributed by atoms with Gasteiger partial charge in [-0.2, -0.15) is 9.98 Å². The van der Waals surface area contributed by atoms with Crippen molar-refractivity contribution in [3.8, 4) is 0 Å². The van der Waals surface area contributed by atoms with E-state index >= 15 is 0 Å². The number of isocyanates is 2. The molecule has 0 aliphatic carbocycles. The summed E-state index contributed by atoms with van der Waals surface area (Å²) in [6.45, 7) is 0. The summed E-state index contributed by atoms with van der Waals surface area (Å²) in [4.78, 5) is 28.1. The van der Waals surface area contributed by atoms with E-state index in [9.17, 15) is 9.59 Å². The molecule has 2 aromatic carbocycles. The van der Waals surface area contributed by atoms with Crippen LogP contribution in [0.15, 0.2) is 64.6 Å². The number of rotatable bonds is 5. The first-order valence-corrected chi connectivity index (χ1v) is 7.14. The van der Waals surface area contributed by atoms with Crippen LogP contribution in [0.2, 0.25) is 0 Å². The second-order valence-corrected chi connectivity index (χ2v) is 5.45. The fourth-order valence-electron chi connectivity index (χ4n) is 2.28. The van der Waals surface area contributed by atoms with Gasteiger partial charge in [-0.25, -0.2) is 9.59 Å². The molecule has 2 rings (SSSR count). The molecular formula is C16H10Cl2N2O2. The molecule has 0 aliphatic heterocycles. The third kappa shape index (κ3) is 2.87. The highest BCUT2D eigenvalue weighted by Gasteiger charge is 2.42. The molecule has 110 valence electrons. The predicted octanol–water partition coefficient (Wildman–Crippen LogP) is 4.04. The van der Waals surface area contributed by atoms with E-state index in [1.165, 1.54) is 12.2 Å². The zero-order chi connectivity index (χ0) is 16.0. The van der Waals surface area contributed by atoms with E-state index in [4.69, 9.17) is 23.2 Å². The van der Waals surface area contributed by atoms with Crippen molar-refractivity contribution >= 4 is 41.0 Å². The van der Waals surface area contributed by atoms with Crippen molar-refractivity contribution < 1.29 is 9.59 Å². The van der Waals surface area contributed by atoms with E-state index < -0.39 is 10.4 Å². The first kappa shape index (κ1) is 16.2. The maximum atomic E-state index is 11.0. The SMILES string of the molecule is O=C=Nc1ccccc1C(N=C=O)(c1ccccc1)C(Cl)Cl. The number of benzene rings is 2. The lowest BCUT2D eigenvalue weighted by Gasteiger charge is -2.31. The Morgan fingerprint density at radius 1 is 0.909 bits per heavy atom. The van der Waals surface area contributed by atoms with Crippen molar-refractivity contribution in [2.45, 2.75) is 10.4 Å². The number of aliphatic imine (C=N–C) groups is 2. The summed E-state index contributed by atoms with van der Waals surface area (Å²) in [5.41, 5.74) is -0.125. The van der Waals surface area contributed by atoms with Crippen LogP contribution >= 0.6 is 23.2 Å². The van der Waals surface area contributed by atoms with Gasteiger partial charge in [0.1, 0.15) is 4.84 Å². The summed E-state index contributed by atoms with van der Waals surface area (Å²) < 4.78 is 0. The second kappa shape index (κ2) is 7.17. The quantitative estimate of drug-likeness (QED) is 0.471. The van der Waals surface area contributed by atoms with Crippen LogP contribution in [0.5, 0.6) is 0 Å². The van der Waals surface area contributed by atoms with Crippen molar-refractivity contribution in [2.24, 2.45) is 9.98 Å². The highest BCUT2D eigenvalue weighted by molar-refractivity contribution is 6.45. The molecule has 0 saturated carbocycles. The molecule has 0 saturated heterocycles. The minimum atomic E-state index is -1.41. The Kier molecular flexibility index (Phi) is 5.26. The number of hydrogen-bond donors (Lipinski definition) is 0. The maximum absolute atomic E-state index is 11.0. The van der Waals surface area contributed by atoms with Crippen molar-refractivity contribution in [3.63, 3.8) is 0 Å². The highest BCUT2D eigenvalue weighted by Crippen LogP contribution is 2.45. The first-order valence-electron chi connectivity index (χ1n) is 6.27. The van der Waals surface area contributed by atoms with Gasteiger partial charge in [-0.3, -0.25) is 0 Å². The Morgan fingerprint density at radius 3 is 2.14 bits per heavy atom. The Balaban J connectivity index is 2.86. The fraction of sp³-hybridized carbons (Fsp3) is 0.125. The van der Waals surface area contributed by atoms with Crippen LogP contribution in [0, 0.1) is 0 Å². The monoisotopic (exact) mass is 332 g/mol. The summed E-state index contributed by atoms with van der Waals surface area (Å²) in [7, 11) is 0. The Bertz CT molecular complexity index is 752. The second-order valence-electron chi connectivity index (χ2n) is 4.36. The number of halogens is 2. The molecule has 0 heterocycles. The number of hydrogen-bond acceptors (Lipinski definition) is 4. The van der Waals surface area contributed by atoms with Gasteiger partial charge in [0.15, 0.2) is 5.54 Å². The molecule has 0 radical (unpaired) electrons. The molecule has 0 N–H and O–H groups in total. The topological polar surface area (TPSA) is 58.9 Å².